The number of nitrogens with zero attached hydrogens (tertiary/aromatic N) is 4. The summed E-state index contributed by atoms with van der Waals surface area (Å²) in [5.41, 5.74) is 3.63. The van der Waals surface area contributed by atoms with Crippen LogP contribution in [0.4, 0.5) is 5.69 Å². The Hall–Kier alpha value is -4.17. The molecule has 1 N–H and O–H groups in total. The molecule has 3 aromatic heterocycles. The van der Waals surface area contributed by atoms with Gasteiger partial charge in [0.05, 0.1) is 18.6 Å². The number of nitrogens with one attached hydrogen (secondary N) is 1. The molecule has 0 aliphatic rings. The summed E-state index contributed by atoms with van der Waals surface area (Å²) in [7, 11) is 0. The number of thioether (sulfide) groups is 1. The van der Waals surface area contributed by atoms with E-state index < -0.39 is 0 Å². The number of rotatable bonds is 8. The van der Waals surface area contributed by atoms with Crippen molar-refractivity contribution in [1.29, 1.82) is 0 Å². The van der Waals surface area contributed by atoms with E-state index in [0.717, 1.165) is 28.1 Å². The van der Waals surface area contributed by atoms with Crippen molar-refractivity contribution in [3.05, 3.63) is 103 Å². The summed E-state index contributed by atoms with van der Waals surface area (Å²) in [6, 6.07) is 25.3. The molecule has 0 unspecified atom stereocenters. The molecule has 0 spiro atoms. The first-order chi connectivity index (χ1) is 16.8. The van der Waals surface area contributed by atoms with Gasteiger partial charge in [0.25, 0.3) is 0 Å². The van der Waals surface area contributed by atoms with Crippen LogP contribution in [0.2, 0.25) is 0 Å². The number of pyridine rings is 1. The molecule has 3 heterocycles. The number of amides is 1. The van der Waals surface area contributed by atoms with Crippen LogP contribution >= 0.6 is 11.8 Å². The van der Waals surface area contributed by atoms with Gasteiger partial charge in [-0.2, -0.15) is 0 Å². The highest BCUT2D eigenvalue weighted by molar-refractivity contribution is 7.99. The molecular formula is C26H21N5O2S. The second-order valence-electron chi connectivity index (χ2n) is 7.46. The Labute approximate surface area is 200 Å². The van der Waals surface area contributed by atoms with E-state index >= 15 is 0 Å². The zero-order valence-corrected chi connectivity index (χ0v) is 19.0. The zero-order chi connectivity index (χ0) is 23.2. The SMILES string of the molecule is O=C(CSc1nnc(-c2cccnc2)n1Cc1ccco1)Nc1ccccc1-c1ccccc1. The molecule has 7 nitrogen and oxygen atoms in total. The summed E-state index contributed by atoms with van der Waals surface area (Å²) in [6.45, 7) is 0.449. The van der Waals surface area contributed by atoms with Crippen molar-refractivity contribution in [2.75, 3.05) is 11.1 Å². The Kier molecular flexibility index (Phi) is 6.49. The number of benzene rings is 2. The van der Waals surface area contributed by atoms with E-state index in [2.05, 4.69) is 20.5 Å². The van der Waals surface area contributed by atoms with Crippen LogP contribution in [-0.4, -0.2) is 31.4 Å². The first kappa shape index (κ1) is 21.7. The summed E-state index contributed by atoms with van der Waals surface area (Å²) in [6.07, 6.45) is 5.09. The van der Waals surface area contributed by atoms with E-state index in [1.165, 1.54) is 11.8 Å². The molecule has 0 fully saturated rings. The van der Waals surface area contributed by atoms with Crippen molar-refractivity contribution < 1.29 is 9.21 Å². The molecule has 0 bridgehead atoms. The number of para-hydroxylation sites is 1. The molecule has 5 aromatic rings. The predicted octanol–water partition coefficient (Wildman–Crippen LogP) is 5.38. The summed E-state index contributed by atoms with van der Waals surface area (Å²) in [5.74, 6) is 1.51. The maximum absolute atomic E-state index is 12.9. The largest absolute Gasteiger partial charge is 0.467 e. The van der Waals surface area contributed by atoms with E-state index in [4.69, 9.17) is 4.42 Å². The van der Waals surface area contributed by atoms with Crippen LogP contribution in [0, 0.1) is 0 Å². The number of furan rings is 1. The van der Waals surface area contributed by atoms with Crippen molar-refractivity contribution in [3.8, 4) is 22.5 Å². The molecule has 5 rings (SSSR count). The topological polar surface area (TPSA) is 85.8 Å². The highest BCUT2D eigenvalue weighted by Gasteiger charge is 2.17. The molecule has 168 valence electrons. The molecule has 8 heteroatoms. The summed E-state index contributed by atoms with van der Waals surface area (Å²) in [4.78, 5) is 17.0. The summed E-state index contributed by atoms with van der Waals surface area (Å²) >= 11 is 1.33. The average molecular weight is 468 g/mol. The number of carbonyl (C=O) groups is 1. The van der Waals surface area contributed by atoms with E-state index in [9.17, 15) is 4.79 Å². The van der Waals surface area contributed by atoms with Crippen molar-refractivity contribution in [1.82, 2.24) is 19.7 Å². The van der Waals surface area contributed by atoms with Crippen LogP contribution in [-0.2, 0) is 11.3 Å². The third kappa shape index (κ3) is 4.92. The molecule has 2 aromatic carbocycles. The van der Waals surface area contributed by atoms with Crippen LogP contribution in [0.1, 0.15) is 5.76 Å². The van der Waals surface area contributed by atoms with Gasteiger partial charge in [-0.3, -0.25) is 14.3 Å². The Morgan fingerprint density at radius 3 is 2.53 bits per heavy atom. The number of aromatic nitrogens is 4. The first-order valence-electron chi connectivity index (χ1n) is 10.7. The van der Waals surface area contributed by atoms with Crippen molar-refractivity contribution >= 4 is 23.4 Å². The zero-order valence-electron chi connectivity index (χ0n) is 18.2. The second-order valence-corrected chi connectivity index (χ2v) is 8.40. The molecular weight excluding hydrogens is 446 g/mol. The van der Waals surface area contributed by atoms with Crippen LogP contribution in [0.5, 0.6) is 0 Å². The van der Waals surface area contributed by atoms with Gasteiger partial charge < -0.3 is 9.73 Å². The van der Waals surface area contributed by atoms with E-state index in [0.29, 0.717) is 17.5 Å². The minimum absolute atomic E-state index is 0.121. The van der Waals surface area contributed by atoms with Crippen LogP contribution in [0.15, 0.2) is 107 Å². The van der Waals surface area contributed by atoms with Gasteiger partial charge in [0.15, 0.2) is 11.0 Å². The fourth-order valence-corrected chi connectivity index (χ4v) is 4.32. The van der Waals surface area contributed by atoms with Gasteiger partial charge in [-0.05, 0) is 35.9 Å². The molecule has 0 aliphatic heterocycles. The Bertz CT molecular complexity index is 1370. The maximum Gasteiger partial charge on any atom is 0.234 e. The predicted molar refractivity (Wildman–Crippen MR) is 132 cm³/mol. The minimum atomic E-state index is -0.121. The lowest BCUT2D eigenvalue weighted by atomic mass is 10.0. The van der Waals surface area contributed by atoms with Gasteiger partial charge in [-0.15, -0.1) is 10.2 Å². The van der Waals surface area contributed by atoms with Crippen molar-refractivity contribution in [2.24, 2.45) is 0 Å². The van der Waals surface area contributed by atoms with Crippen molar-refractivity contribution in [2.45, 2.75) is 11.7 Å². The lowest BCUT2D eigenvalue weighted by Gasteiger charge is -2.12. The van der Waals surface area contributed by atoms with Gasteiger partial charge >= 0.3 is 0 Å². The highest BCUT2D eigenvalue weighted by atomic mass is 32.2. The molecule has 34 heavy (non-hydrogen) atoms. The standard InChI is InChI=1S/C26H21N5O2S/c32-24(28-23-13-5-4-12-22(23)19-8-2-1-3-9-19)18-34-26-30-29-25(20-10-6-14-27-16-20)31(26)17-21-11-7-15-33-21/h1-16H,17-18H2,(H,28,32). The normalized spacial score (nSPS) is 10.8. The lowest BCUT2D eigenvalue weighted by Crippen LogP contribution is -2.15. The average Bonchev–Trinajstić information content (AvgIpc) is 3.55. The summed E-state index contributed by atoms with van der Waals surface area (Å²) < 4.78 is 7.47. The molecule has 1 amide bonds. The van der Waals surface area contributed by atoms with Crippen molar-refractivity contribution in [3.63, 3.8) is 0 Å². The second kappa shape index (κ2) is 10.2. The first-order valence-corrected chi connectivity index (χ1v) is 11.7. The fraction of sp³-hybridized carbons (Fsp3) is 0.0769. The Morgan fingerprint density at radius 1 is 0.912 bits per heavy atom. The number of carbonyl (C=O) groups excluding carboxylic acids is 1. The van der Waals surface area contributed by atoms with E-state index in [1.807, 2.05) is 83.4 Å². The Balaban J connectivity index is 1.34. The lowest BCUT2D eigenvalue weighted by molar-refractivity contribution is -0.113. The number of hydrogen-bond acceptors (Lipinski definition) is 6. The molecule has 0 aliphatic carbocycles. The van der Waals surface area contributed by atoms with E-state index in [-0.39, 0.29) is 11.7 Å². The molecule has 0 radical (unpaired) electrons. The van der Waals surface area contributed by atoms with E-state index in [1.54, 1.807) is 18.7 Å². The molecule has 0 saturated heterocycles. The summed E-state index contributed by atoms with van der Waals surface area (Å²) in [5, 5.41) is 12.4. The smallest absolute Gasteiger partial charge is 0.234 e. The minimum Gasteiger partial charge on any atom is -0.467 e. The van der Waals surface area contributed by atoms with Gasteiger partial charge in [0.2, 0.25) is 5.91 Å². The molecule has 0 saturated carbocycles. The quantitative estimate of drug-likeness (QED) is 0.309. The maximum atomic E-state index is 12.9. The molecule has 0 atom stereocenters. The van der Waals surface area contributed by atoms with Gasteiger partial charge in [-0.25, -0.2) is 0 Å². The van der Waals surface area contributed by atoms with Gasteiger partial charge in [0.1, 0.15) is 5.76 Å². The van der Waals surface area contributed by atoms with Crippen LogP contribution < -0.4 is 5.32 Å². The van der Waals surface area contributed by atoms with Crippen LogP contribution in [0.25, 0.3) is 22.5 Å². The number of hydrogen-bond donors (Lipinski definition) is 1. The third-order valence-electron chi connectivity index (χ3n) is 5.15. The number of anilines is 1. The fourth-order valence-electron chi connectivity index (χ4n) is 3.58. The van der Waals surface area contributed by atoms with Gasteiger partial charge in [0, 0.05) is 29.2 Å². The monoisotopic (exact) mass is 467 g/mol. The highest BCUT2D eigenvalue weighted by Crippen LogP contribution is 2.29. The Morgan fingerprint density at radius 2 is 1.74 bits per heavy atom. The van der Waals surface area contributed by atoms with Gasteiger partial charge in [-0.1, -0.05) is 60.3 Å². The van der Waals surface area contributed by atoms with Crippen LogP contribution in [0.3, 0.4) is 0 Å². The third-order valence-corrected chi connectivity index (χ3v) is 6.12.